The van der Waals surface area contributed by atoms with Gasteiger partial charge in [-0.15, -0.1) is 0 Å². The summed E-state index contributed by atoms with van der Waals surface area (Å²) >= 11 is 0. The maximum absolute atomic E-state index is 10.5. The lowest BCUT2D eigenvalue weighted by Crippen LogP contribution is -1.95. The van der Waals surface area contributed by atoms with E-state index >= 15 is 0 Å². The Kier molecular flexibility index (Phi) is 4.58. The van der Waals surface area contributed by atoms with Gasteiger partial charge in [-0.2, -0.15) is 5.26 Å². The molecule has 92 valence electrons. The SMILES string of the molecule is CN=C/C(C#N)=C(\OC)c1ccc([N+](=O)[O-])cc1. The molecule has 0 amide bonds. The Morgan fingerprint density at radius 3 is 2.50 bits per heavy atom. The molecule has 0 bridgehead atoms. The van der Waals surface area contributed by atoms with Crippen molar-refractivity contribution in [3.63, 3.8) is 0 Å². The Hall–Kier alpha value is -2.68. The molecule has 0 heterocycles. The predicted molar refractivity (Wildman–Crippen MR) is 67.1 cm³/mol. The van der Waals surface area contributed by atoms with Crippen LogP contribution in [0.25, 0.3) is 5.76 Å². The second-order valence-corrected chi connectivity index (χ2v) is 3.25. The summed E-state index contributed by atoms with van der Waals surface area (Å²) in [6.45, 7) is 0. The number of nitro groups is 1. The van der Waals surface area contributed by atoms with Crippen LogP contribution >= 0.6 is 0 Å². The number of benzene rings is 1. The summed E-state index contributed by atoms with van der Waals surface area (Å²) in [7, 11) is 2.97. The van der Waals surface area contributed by atoms with Crippen molar-refractivity contribution < 1.29 is 9.66 Å². The fourth-order valence-electron chi connectivity index (χ4n) is 1.39. The van der Waals surface area contributed by atoms with Gasteiger partial charge in [0, 0.05) is 31.0 Å². The molecule has 0 saturated carbocycles. The standard InChI is InChI=1S/C12H11N3O3/c1-14-8-10(7-13)12(18-2)9-3-5-11(6-4-9)15(16)17/h3-6,8H,1-2H3/b12-10-,14-8?. The second-order valence-electron chi connectivity index (χ2n) is 3.25. The molecule has 0 N–H and O–H groups in total. The van der Waals surface area contributed by atoms with E-state index in [1.807, 2.05) is 6.07 Å². The van der Waals surface area contributed by atoms with Gasteiger partial charge in [-0.1, -0.05) is 0 Å². The number of ether oxygens (including phenoxy) is 1. The van der Waals surface area contributed by atoms with Gasteiger partial charge in [0.05, 0.1) is 12.0 Å². The molecule has 0 saturated heterocycles. The minimum atomic E-state index is -0.487. The van der Waals surface area contributed by atoms with E-state index in [-0.39, 0.29) is 11.3 Å². The number of nitrogens with zero attached hydrogens (tertiary/aromatic N) is 3. The van der Waals surface area contributed by atoms with Gasteiger partial charge in [0.2, 0.25) is 0 Å². The van der Waals surface area contributed by atoms with E-state index in [4.69, 9.17) is 10.00 Å². The molecule has 0 fully saturated rings. The quantitative estimate of drug-likeness (QED) is 0.267. The molecule has 1 aromatic carbocycles. The molecule has 0 spiro atoms. The zero-order valence-electron chi connectivity index (χ0n) is 9.95. The summed E-state index contributed by atoms with van der Waals surface area (Å²) in [4.78, 5) is 13.8. The zero-order valence-corrected chi connectivity index (χ0v) is 9.95. The van der Waals surface area contributed by atoms with E-state index in [9.17, 15) is 10.1 Å². The van der Waals surface area contributed by atoms with Crippen LogP contribution in [0, 0.1) is 21.4 Å². The highest BCUT2D eigenvalue weighted by atomic mass is 16.6. The highest BCUT2D eigenvalue weighted by Gasteiger charge is 2.10. The minimum Gasteiger partial charge on any atom is -0.495 e. The highest BCUT2D eigenvalue weighted by Crippen LogP contribution is 2.21. The third kappa shape index (κ3) is 2.92. The van der Waals surface area contributed by atoms with Crippen LogP contribution in [0.2, 0.25) is 0 Å². The van der Waals surface area contributed by atoms with E-state index in [1.54, 1.807) is 7.05 Å². The molecule has 0 atom stereocenters. The molecule has 0 aromatic heterocycles. The van der Waals surface area contributed by atoms with Crippen LogP contribution in [0.15, 0.2) is 34.8 Å². The van der Waals surface area contributed by atoms with Gasteiger partial charge in [0.15, 0.2) is 0 Å². The molecule has 0 radical (unpaired) electrons. The first kappa shape index (κ1) is 13.4. The fourth-order valence-corrected chi connectivity index (χ4v) is 1.39. The second kappa shape index (κ2) is 6.15. The van der Waals surface area contributed by atoms with Crippen molar-refractivity contribution in [2.24, 2.45) is 4.99 Å². The summed E-state index contributed by atoms with van der Waals surface area (Å²) in [5, 5.41) is 19.5. The van der Waals surface area contributed by atoms with Gasteiger partial charge in [0.25, 0.3) is 5.69 Å². The van der Waals surface area contributed by atoms with Gasteiger partial charge in [-0.25, -0.2) is 0 Å². The van der Waals surface area contributed by atoms with Gasteiger partial charge in [-0.3, -0.25) is 15.1 Å². The Labute approximate surface area is 104 Å². The molecule has 0 aliphatic heterocycles. The molecule has 0 unspecified atom stereocenters. The number of hydrogen-bond donors (Lipinski definition) is 0. The normalized spacial score (nSPS) is 11.8. The van der Waals surface area contributed by atoms with Gasteiger partial charge < -0.3 is 4.74 Å². The van der Waals surface area contributed by atoms with Crippen molar-refractivity contribution in [2.75, 3.05) is 14.2 Å². The lowest BCUT2D eigenvalue weighted by Gasteiger charge is -2.06. The smallest absolute Gasteiger partial charge is 0.269 e. The summed E-state index contributed by atoms with van der Waals surface area (Å²) in [5.74, 6) is 0.331. The minimum absolute atomic E-state index is 0.0168. The van der Waals surface area contributed by atoms with Crippen LogP contribution in [0.3, 0.4) is 0 Å². The molecule has 1 rings (SSSR count). The summed E-state index contributed by atoms with van der Waals surface area (Å²) in [6, 6.07) is 7.72. The monoisotopic (exact) mass is 245 g/mol. The average Bonchev–Trinajstić information content (AvgIpc) is 2.39. The van der Waals surface area contributed by atoms with Crippen molar-refractivity contribution in [1.82, 2.24) is 0 Å². The van der Waals surface area contributed by atoms with Crippen LogP contribution in [0.4, 0.5) is 5.69 Å². The number of hydrogen-bond acceptors (Lipinski definition) is 5. The van der Waals surface area contributed by atoms with Crippen molar-refractivity contribution >= 4 is 17.7 Å². The van der Waals surface area contributed by atoms with E-state index in [0.717, 1.165) is 0 Å². The van der Waals surface area contributed by atoms with Crippen molar-refractivity contribution in [1.29, 1.82) is 5.26 Å². The van der Waals surface area contributed by atoms with Crippen LogP contribution in [-0.2, 0) is 4.74 Å². The highest BCUT2D eigenvalue weighted by molar-refractivity contribution is 5.93. The maximum atomic E-state index is 10.5. The third-order valence-corrected chi connectivity index (χ3v) is 2.17. The largest absolute Gasteiger partial charge is 0.495 e. The number of rotatable bonds is 4. The fraction of sp³-hybridized carbons (Fsp3) is 0.167. The first-order valence-corrected chi connectivity index (χ1v) is 4.99. The number of methoxy groups -OCH3 is 1. The molecule has 0 aliphatic rings. The van der Waals surface area contributed by atoms with Crippen LogP contribution in [0.5, 0.6) is 0 Å². The van der Waals surface area contributed by atoms with Crippen molar-refractivity contribution in [3.05, 3.63) is 45.5 Å². The number of nitro benzene ring substituents is 1. The lowest BCUT2D eigenvalue weighted by atomic mass is 10.1. The molecule has 1 aromatic rings. The molecule has 0 aliphatic carbocycles. The Balaban J connectivity index is 3.26. The third-order valence-electron chi connectivity index (χ3n) is 2.17. The van der Waals surface area contributed by atoms with Gasteiger partial charge >= 0.3 is 0 Å². The lowest BCUT2D eigenvalue weighted by molar-refractivity contribution is -0.384. The molecule has 6 heteroatoms. The van der Waals surface area contributed by atoms with E-state index in [0.29, 0.717) is 11.3 Å². The van der Waals surface area contributed by atoms with Crippen molar-refractivity contribution in [2.45, 2.75) is 0 Å². The van der Waals surface area contributed by atoms with Gasteiger partial charge in [0.1, 0.15) is 17.4 Å². The predicted octanol–water partition coefficient (Wildman–Crippen LogP) is 2.18. The first-order valence-electron chi connectivity index (χ1n) is 4.99. The van der Waals surface area contributed by atoms with Crippen LogP contribution in [-0.4, -0.2) is 25.3 Å². The maximum Gasteiger partial charge on any atom is 0.269 e. The Morgan fingerprint density at radius 2 is 2.11 bits per heavy atom. The Bertz CT molecular complexity index is 539. The topological polar surface area (TPSA) is 88.5 Å². The molecular weight excluding hydrogens is 234 g/mol. The summed E-state index contributed by atoms with van der Waals surface area (Å²) in [6.07, 6.45) is 1.38. The van der Waals surface area contributed by atoms with E-state index in [1.165, 1.54) is 37.6 Å². The molecule has 18 heavy (non-hydrogen) atoms. The number of aliphatic imine (C=N–C) groups is 1. The number of allylic oxidation sites excluding steroid dienone is 1. The zero-order chi connectivity index (χ0) is 13.5. The van der Waals surface area contributed by atoms with E-state index < -0.39 is 4.92 Å². The average molecular weight is 245 g/mol. The molecule has 6 nitrogen and oxygen atoms in total. The summed E-state index contributed by atoms with van der Waals surface area (Å²) < 4.78 is 5.14. The number of nitriles is 1. The van der Waals surface area contributed by atoms with E-state index in [2.05, 4.69) is 4.99 Å². The first-order chi connectivity index (χ1) is 8.63. The summed E-state index contributed by atoms with van der Waals surface area (Å²) in [5.41, 5.74) is 0.824. The Morgan fingerprint density at radius 1 is 1.50 bits per heavy atom. The van der Waals surface area contributed by atoms with Crippen LogP contribution < -0.4 is 0 Å². The van der Waals surface area contributed by atoms with Crippen LogP contribution in [0.1, 0.15) is 5.56 Å². The van der Waals surface area contributed by atoms with Crippen molar-refractivity contribution in [3.8, 4) is 6.07 Å². The van der Waals surface area contributed by atoms with Gasteiger partial charge in [-0.05, 0) is 12.1 Å². The molecular formula is C12H11N3O3. The number of non-ortho nitro benzene ring substituents is 1.